The zero-order chi connectivity index (χ0) is 22.5. The number of nitrogen functional groups attached to an aromatic ring is 1. The Bertz CT molecular complexity index is 1090. The van der Waals surface area contributed by atoms with Gasteiger partial charge in [-0.2, -0.15) is 0 Å². The van der Waals surface area contributed by atoms with Crippen molar-refractivity contribution in [2.24, 2.45) is 5.92 Å². The van der Waals surface area contributed by atoms with Crippen molar-refractivity contribution in [2.75, 3.05) is 44.8 Å². The molecule has 1 saturated heterocycles. The van der Waals surface area contributed by atoms with E-state index in [9.17, 15) is 4.79 Å². The number of nitrogens with one attached hydrogen (secondary N) is 1. The Morgan fingerprint density at radius 2 is 2.00 bits per heavy atom. The highest BCUT2D eigenvalue weighted by atomic mass is 16.5. The second kappa shape index (κ2) is 11.1. The maximum atomic E-state index is 13.1. The van der Waals surface area contributed by atoms with Crippen molar-refractivity contribution in [1.82, 2.24) is 14.9 Å². The van der Waals surface area contributed by atoms with Crippen LogP contribution in [-0.2, 0) is 6.42 Å². The second-order valence-electron chi connectivity index (χ2n) is 8.57. The summed E-state index contributed by atoms with van der Waals surface area (Å²) in [5.74, 6) is 2.40. The molecule has 1 aliphatic rings. The number of hydrogen-bond donors (Lipinski definition) is 2. The van der Waals surface area contributed by atoms with Crippen LogP contribution in [0.15, 0.2) is 42.7 Å². The fourth-order valence-electron chi connectivity index (χ4n) is 4.22. The highest BCUT2D eigenvalue weighted by Crippen LogP contribution is 2.25. The molecular weight excluding hydrogens is 414 g/mol. The molecule has 1 aliphatic heterocycles. The maximum absolute atomic E-state index is 13.1. The van der Waals surface area contributed by atoms with Crippen molar-refractivity contribution in [1.29, 1.82) is 0 Å². The Kier molecular flexibility index (Phi) is 8.22. The number of ketones is 1. The van der Waals surface area contributed by atoms with E-state index >= 15 is 0 Å². The lowest BCUT2D eigenvalue weighted by atomic mass is 9.97. The predicted molar refractivity (Wildman–Crippen MR) is 135 cm³/mol. The van der Waals surface area contributed by atoms with Gasteiger partial charge in [0.05, 0.1) is 18.9 Å². The summed E-state index contributed by atoms with van der Waals surface area (Å²) in [6.45, 7) is 3.05. The molecular formula is C26H35N5O2. The van der Waals surface area contributed by atoms with Gasteiger partial charge < -0.3 is 20.7 Å². The number of pyridine rings is 2. The lowest BCUT2D eigenvalue weighted by molar-refractivity contribution is 0.0983. The zero-order valence-electron chi connectivity index (χ0n) is 18.8. The molecule has 0 aliphatic carbocycles. The van der Waals surface area contributed by atoms with Crippen LogP contribution in [0.2, 0.25) is 0 Å². The Labute approximate surface area is 196 Å². The molecule has 0 saturated carbocycles. The number of fused-ring (bicyclic) bond motifs is 1. The van der Waals surface area contributed by atoms with Crippen molar-refractivity contribution in [3.8, 4) is 5.75 Å². The number of carbonyl (C=O) groups is 1. The van der Waals surface area contributed by atoms with Gasteiger partial charge in [0.15, 0.2) is 5.78 Å². The van der Waals surface area contributed by atoms with Crippen molar-refractivity contribution < 1.29 is 9.53 Å². The van der Waals surface area contributed by atoms with Crippen LogP contribution in [0.3, 0.4) is 0 Å². The average molecular weight is 450 g/mol. The Hall–Kier alpha value is -3.19. The van der Waals surface area contributed by atoms with Crippen molar-refractivity contribution in [2.45, 2.75) is 33.1 Å². The van der Waals surface area contributed by atoms with Gasteiger partial charge in [0.2, 0.25) is 0 Å². The number of nitrogens with two attached hydrogens (primary N) is 1. The summed E-state index contributed by atoms with van der Waals surface area (Å²) in [4.78, 5) is 24.1. The topological polar surface area (TPSA) is 93.4 Å². The fourth-order valence-corrected chi connectivity index (χ4v) is 4.22. The normalized spacial score (nSPS) is 14.6. The van der Waals surface area contributed by atoms with E-state index in [2.05, 4.69) is 33.3 Å². The van der Waals surface area contributed by atoms with Crippen LogP contribution in [0.25, 0.3) is 10.8 Å². The number of aromatic nitrogens is 2. The van der Waals surface area contributed by atoms with Gasteiger partial charge in [0, 0.05) is 24.5 Å². The third-order valence-electron chi connectivity index (χ3n) is 6.30. The molecule has 3 N–H and O–H groups in total. The minimum absolute atomic E-state index is 0. The molecule has 1 aromatic carbocycles. The van der Waals surface area contributed by atoms with Gasteiger partial charge in [0.1, 0.15) is 17.4 Å². The number of methoxy groups -OCH3 is 1. The number of anilines is 2. The lowest BCUT2D eigenvalue weighted by Crippen LogP contribution is -2.33. The minimum atomic E-state index is 0. The summed E-state index contributed by atoms with van der Waals surface area (Å²) in [7, 11) is 3.75. The minimum Gasteiger partial charge on any atom is -0.495 e. The molecule has 0 amide bonds. The van der Waals surface area contributed by atoms with E-state index in [1.807, 2.05) is 18.2 Å². The number of likely N-dealkylation sites (tertiary alicyclic amines) is 1. The fraction of sp³-hybridized carbons (Fsp3) is 0.423. The van der Waals surface area contributed by atoms with Gasteiger partial charge in [0.25, 0.3) is 0 Å². The average Bonchev–Trinajstić information content (AvgIpc) is 2.82. The summed E-state index contributed by atoms with van der Waals surface area (Å²) < 4.78 is 5.32. The third kappa shape index (κ3) is 5.99. The van der Waals surface area contributed by atoms with E-state index in [0.717, 1.165) is 48.8 Å². The van der Waals surface area contributed by atoms with Crippen LogP contribution >= 0.6 is 0 Å². The van der Waals surface area contributed by atoms with Crippen LogP contribution in [0.4, 0.5) is 11.6 Å². The quantitative estimate of drug-likeness (QED) is 0.492. The van der Waals surface area contributed by atoms with Crippen LogP contribution in [0, 0.1) is 5.92 Å². The molecule has 0 unspecified atom stereocenters. The molecule has 0 bridgehead atoms. The zero-order valence-corrected chi connectivity index (χ0v) is 18.8. The highest BCUT2D eigenvalue weighted by molar-refractivity contribution is 6.01. The molecule has 0 atom stereocenters. The van der Waals surface area contributed by atoms with E-state index in [-0.39, 0.29) is 13.2 Å². The number of nitrogens with zero attached hydrogens (tertiary/aromatic N) is 3. The van der Waals surface area contributed by atoms with E-state index in [1.165, 1.54) is 0 Å². The summed E-state index contributed by atoms with van der Waals surface area (Å²) in [6, 6.07) is 9.78. The first-order valence-corrected chi connectivity index (χ1v) is 11.2. The SMILES string of the molecule is C.COc1cnc(NCC2CCN(C)CC2)c(C(=O)CCc2ccc3c(N)nccc3c2)c1. The smallest absolute Gasteiger partial charge is 0.167 e. The molecule has 0 radical (unpaired) electrons. The van der Waals surface area contributed by atoms with Crippen molar-refractivity contribution in [3.63, 3.8) is 0 Å². The van der Waals surface area contributed by atoms with Gasteiger partial charge in [-0.25, -0.2) is 9.97 Å². The van der Waals surface area contributed by atoms with Gasteiger partial charge in [-0.05, 0) is 68.4 Å². The third-order valence-corrected chi connectivity index (χ3v) is 6.30. The molecule has 7 nitrogen and oxygen atoms in total. The molecule has 1 fully saturated rings. The molecule has 0 spiro atoms. The number of aryl methyl sites for hydroxylation is 1. The number of rotatable bonds is 8. The standard InChI is InChI=1S/C25H31N5O2.CH4/c1-30-11-8-18(9-12-30)15-28-25-22(14-20(32-2)16-29-25)23(31)6-4-17-3-5-21-19(13-17)7-10-27-24(21)26;/h3,5,7,10,13-14,16,18H,4,6,8-9,11-12,15H2,1-2H3,(H2,26,27)(H,28,29);1H4. The molecule has 33 heavy (non-hydrogen) atoms. The Morgan fingerprint density at radius 3 is 2.76 bits per heavy atom. The predicted octanol–water partition coefficient (Wildman–Crippen LogP) is 4.43. The largest absolute Gasteiger partial charge is 0.495 e. The number of Topliss-reactive ketones (excluding diaryl/α,β-unsaturated/α-hetero) is 1. The van der Waals surface area contributed by atoms with E-state index in [1.54, 1.807) is 25.6 Å². The monoisotopic (exact) mass is 449 g/mol. The number of piperidine rings is 1. The number of benzene rings is 1. The van der Waals surface area contributed by atoms with Crippen molar-refractivity contribution >= 4 is 28.2 Å². The van der Waals surface area contributed by atoms with Crippen LogP contribution in [0.1, 0.15) is 42.6 Å². The van der Waals surface area contributed by atoms with Gasteiger partial charge in [-0.1, -0.05) is 25.6 Å². The molecule has 2 aromatic heterocycles. The van der Waals surface area contributed by atoms with E-state index in [0.29, 0.717) is 41.7 Å². The number of ether oxygens (including phenoxy) is 1. The van der Waals surface area contributed by atoms with Crippen LogP contribution in [0.5, 0.6) is 5.75 Å². The van der Waals surface area contributed by atoms with Crippen LogP contribution < -0.4 is 15.8 Å². The number of carbonyl (C=O) groups excluding carboxylic acids is 1. The van der Waals surface area contributed by atoms with E-state index < -0.39 is 0 Å². The van der Waals surface area contributed by atoms with Gasteiger partial charge in [-0.3, -0.25) is 4.79 Å². The molecule has 176 valence electrons. The summed E-state index contributed by atoms with van der Waals surface area (Å²) in [5, 5.41) is 5.40. The lowest BCUT2D eigenvalue weighted by Gasteiger charge is -2.29. The highest BCUT2D eigenvalue weighted by Gasteiger charge is 2.19. The molecule has 3 heterocycles. The number of hydrogen-bond acceptors (Lipinski definition) is 7. The van der Waals surface area contributed by atoms with E-state index in [4.69, 9.17) is 10.5 Å². The first-order valence-electron chi connectivity index (χ1n) is 11.2. The summed E-state index contributed by atoms with van der Waals surface area (Å²) in [6.07, 6.45) is 6.72. The molecule has 3 aromatic rings. The Balaban J connectivity index is 0.00000306. The van der Waals surface area contributed by atoms with Gasteiger partial charge in [-0.15, -0.1) is 0 Å². The van der Waals surface area contributed by atoms with Gasteiger partial charge >= 0.3 is 0 Å². The first-order chi connectivity index (χ1) is 15.5. The summed E-state index contributed by atoms with van der Waals surface area (Å²) >= 11 is 0. The van der Waals surface area contributed by atoms with Crippen molar-refractivity contribution in [3.05, 3.63) is 53.9 Å². The molecule has 4 rings (SSSR count). The van der Waals surface area contributed by atoms with Crippen LogP contribution in [-0.4, -0.2) is 54.4 Å². The maximum Gasteiger partial charge on any atom is 0.167 e. The second-order valence-corrected chi connectivity index (χ2v) is 8.57. The summed E-state index contributed by atoms with van der Waals surface area (Å²) in [5.41, 5.74) is 7.62. The molecule has 7 heteroatoms. The Morgan fingerprint density at radius 1 is 1.21 bits per heavy atom. The first kappa shape index (κ1) is 24.5.